The lowest BCUT2D eigenvalue weighted by atomic mass is 9.88. The van der Waals surface area contributed by atoms with E-state index in [9.17, 15) is 9.18 Å². The molecule has 8 heteroatoms. The van der Waals surface area contributed by atoms with Gasteiger partial charge in [0, 0.05) is 5.39 Å². The van der Waals surface area contributed by atoms with Crippen LogP contribution in [0.1, 0.15) is 56.4 Å². The average Bonchev–Trinajstić information content (AvgIpc) is 3.03. The zero-order chi connectivity index (χ0) is 22.3. The molecule has 1 aromatic heterocycles. The van der Waals surface area contributed by atoms with Crippen LogP contribution in [0.15, 0.2) is 30.3 Å². The van der Waals surface area contributed by atoms with Crippen LogP contribution in [0.4, 0.5) is 9.18 Å². The van der Waals surface area contributed by atoms with Gasteiger partial charge in [0.2, 0.25) is 0 Å². The molecule has 1 atom stereocenters. The van der Waals surface area contributed by atoms with Gasteiger partial charge in [0.25, 0.3) is 0 Å². The van der Waals surface area contributed by atoms with Gasteiger partial charge >= 0.3 is 6.09 Å². The van der Waals surface area contributed by atoms with Crippen LogP contribution in [0.2, 0.25) is 0 Å². The minimum atomic E-state index is -0.626. The van der Waals surface area contributed by atoms with Gasteiger partial charge in [-0.15, -0.1) is 0 Å². The van der Waals surface area contributed by atoms with Gasteiger partial charge in [-0.3, -0.25) is 0 Å². The molecule has 0 amide bonds. The molecule has 0 saturated carbocycles. The van der Waals surface area contributed by atoms with Crippen molar-refractivity contribution in [1.29, 1.82) is 5.26 Å². The molecule has 0 spiro atoms. The SMILES string of the molecule is CC(C)(C)OC(=O)n1nc(I)c2cc(OC3CCCc4cc(C#N)c(F)cc43)ccc21. The standard InChI is InChI=1S/C23H21FIN3O3/c1-23(2,3)31-22(29)28-19-8-7-15(10-17(19)21(25)27-28)30-20-6-4-5-13-9-14(12-26)18(24)11-16(13)20/h7-11,20H,4-6H2,1-3H3. The van der Waals surface area contributed by atoms with Crippen molar-refractivity contribution in [3.05, 3.63) is 56.5 Å². The Labute approximate surface area is 193 Å². The van der Waals surface area contributed by atoms with Crippen molar-refractivity contribution >= 4 is 39.6 Å². The Balaban J connectivity index is 1.64. The minimum Gasteiger partial charge on any atom is -0.486 e. The third-order valence-electron chi connectivity index (χ3n) is 5.06. The summed E-state index contributed by atoms with van der Waals surface area (Å²) >= 11 is 2.07. The second kappa shape index (κ2) is 8.11. The molecule has 0 fully saturated rings. The highest BCUT2D eigenvalue weighted by atomic mass is 127. The van der Waals surface area contributed by atoms with E-state index in [1.807, 2.05) is 12.1 Å². The summed E-state index contributed by atoms with van der Waals surface area (Å²) < 4.78 is 27.8. The number of nitrogens with zero attached hydrogens (tertiary/aromatic N) is 3. The maximum Gasteiger partial charge on any atom is 0.435 e. The molecule has 0 N–H and O–H groups in total. The monoisotopic (exact) mass is 533 g/mol. The highest BCUT2D eigenvalue weighted by Crippen LogP contribution is 2.36. The molecule has 160 valence electrons. The third-order valence-corrected chi connectivity index (χ3v) is 5.86. The average molecular weight is 533 g/mol. The first kappa shape index (κ1) is 21.6. The Hall–Kier alpha value is -2.67. The van der Waals surface area contributed by atoms with Gasteiger partial charge in [0.05, 0.1) is 11.1 Å². The normalized spacial score (nSPS) is 15.9. The lowest BCUT2D eigenvalue weighted by Crippen LogP contribution is -2.27. The second-order valence-electron chi connectivity index (χ2n) is 8.50. The number of carbonyl (C=O) groups excluding carboxylic acids is 1. The molecule has 1 aliphatic carbocycles. The molecule has 1 heterocycles. The van der Waals surface area contributed by atoms with E-state index in [-0.39, 0.29) is 11.7 Å². The maximum absolute atomic E-state index is 14.2. The summed E-state index contributed by atoms with van der Waals surface area (Å²) in [7, 11) is 0. The number of nitriles is 1. The topological polar surface area (TPSA) is 77.1 Å². The van der Waals surface area contributed by atoms with E-state index in [0.717, 1.165) is 35.8 Å². The number of carbonyl (C=O) groups is 1. The second-order valence-corrected chi connectivity index (χ2v) is 9.53. The molecule has 0 saturated heterocycles. The zero-order valence-electron chi connectivity index (χ0n) is 17.4. The summed E-state index contributed by atoms with van der Waals surface area (Å²) in [5, 5.41) is 14.2. The fourth-order valence-electron chi connectivity index (χ4n) is 3.73. The first-order chi connectivity index (χ1) is 14.7. The number of ether oxygens (including phenoxy) is 2. The summed E-state index contributed by atoms with van der Waals surface area (Å²) in [4.78, 5) is 12.5. The van der Waals surface area contributed by atoms with E-state index in [0.29, 0.717) is 15.0 Å². The summed E-state index contributed by atoms with van der Waals surface area (Å²) in [6.07, 6.45) is 1.60. The molecule has 0 bridgehead atoms. The fraction of sp³-hybridized carbons (Fsp3) is 0.348. The van der Waals surface area contributed by atoms with Crippen molar-refractivity contribution in [2.75, 3.05) is 0 Å². The number of hydrogen-bond acceptors (Lipinski definition) is 5. The number of hydrogen-bond donors (Lipinski definition) is 0. The largest absolute Gasteiger partial charge is 0.486 e. The van der Waals surface area contributed by atoms with Crippen molar-refractivity contribution < 1.29 is 18.7 Å². The lowest BCUT2D eigenvalue weighted by Gasteiger charge is -2.26. The van der Waals surface area contributed by atoms with E-state index in [1.165, 1.54) is 10.7 Å². The predicted molar refractivity (Wildman–Crippen MR) is 122 cm³/mol. The van der Waals surface area contributed by atoms with Crippen molar-refractivity contribution in [2.45, 2.75) is 51.7 Å². The van der Waals surface area contributed by atoms with Crippen LogP contribution in [0.5, 0.6) is 5.75 Å². The Kier molecular flexibility index (Phi) is 5.64. The number of aryl methyl sites for hydroxylation is 1. The van der Waals surface area contributed by atoms with Crippen LogP contribution in [-0.2, 0) is 11.2 Å². The van der Waals surface area contributed by atoms with E-state index in [2.05, 4.69) is 27.7 Å². The quantitative estimate of drug-likeness (QED) is 0.384. The first-order valence-corrected chi connectivity index (χ1v) is 11.0. The summed E-state index contributed by atoms with van der Waals surface area (Å²) in [5.74, 6) is 0.0807. The maximum atomic E-state index is 14.2. The van der Waals surface area contributed by atoms with Crippen LogP contribution >= 0.6 is 22.6 Å². The highest BCUT2D eigenvalue weighted by Gasteiger charge is 2.25. The Morgan fingerprint density at radius 2 is 2.10 bits per heavy atom. The number of aromatic nitrogens is 2. The van der Waals surface area contributed by atoms with Crippen LogP contribution in [0.3, 0.4) is 0 Å². The lowest BCUT2D eigenvalue weighted by molar-refractivity contribution is 0.0522. The van der Waals surface area contributed by atoms with Crippen molar-refractivity contribution in [2.24, 2.45) is 0 Å². The molecule has 3 aromatic rings. The van der Waals surface area contributed by atoms with Crippen molar-refractivity contribution in [3.8, 4) is 11.8 Å². The molecular formula is C23H21FIN3O3. The number of rotatable bonds is 2. The molecule has 0 radical (unpaired) electrons. The molecule has 6 nitrogen and oxygen atoms in total. The number of benzene rings is 2. The van der Waals surface area contributed by atoms with E-state index in [1.54, 1.807) is 39.0 Å². The molecule has 4 rings (SSSR count). The van der Waals surface area contributed by atoms with Crippen LogP contribution in [0, 0.1) is 20.8 Å². The molecule has 1 aliphatic rings. The van der Waals surface area contributed by atoms with Gasteiger partial charge in [0.15, 0.2) is 0 Å². The summed E-state index contributed by atoms with van der Waals surface area (Å²) in [6, 6.07) is 10.3. The molecular weight excluding hydrogens is 512 g/mol. The van der Waals surface area contributed by atoms with E-state index < -0.39 is 17.5 Å². The summed E-state index contributed by atoms with van der Waals surface area (Å²) in [6.45, 7) is 5.41. The van der Waals surface area contributed by atoms with Gasteiger partial charge in [0.1, 0.15) is 33.0 Å². The number of fused-ring (bicyclic) bond motifs is 2. The van der Waals surface area contributed by atoms with Gasteiger partial charge in [-0.25, -0.2) is 9.18 Å². The van der Waals surface area contributed by atoms with Gasteiger partial charge in [-0.1, -0.05) is 0 Å². The highest BCUT2D eigenvalue weighted by molar-refractivity contribution is 14.1. The van der Waals surface area contributed by atoms with Gasteiger partial charge < -0.3 is 9.47 Å². The van der Waals surface area contributed by atoms with Crippen LogP contribution < -0.4 is 4.74 Å². The van der Waals surface area contributed by atoms with Crippen LogP contribution in [0.25, 0.3) is 10.9 Å². The third kappa shape index (κ3) is 4.37. The Morgan fingerprint density at radius 3 is 2.81 bits per heavy atom. The van der Waals surface area contributed by atoms with E-state index >= 15 is 0 Å². The van der Waals surface area contributed by atoms with Crippen LogP contribution in [-0.4, -0.2) is 21.5 Å². The van der Waals surface area contributed by atoms with Gasteiger partial charge in [-0.05, 0) is 104 Å². The predicted octanol–water partition coefficient (Wildman–Crippen LogP) is 5.89. The number of halogens is 2. The fourth-order valence-corrected chi connectivity index (χ4v) is 4.38. The molecule has 0 aliphatic heterocycles. The zero-order valence-corrected chi connectivity index (χ0v) is 19.6. The first-order valence-electron chi connectivity index (χ1n) is 9.97. The van der Waals surface area contributed by atoms with Crippen molar-refractivity contribution in [3.63, 3.8) is 0 Å². The van der Waals surface area contributed by atoms with E-state index in [4.69, 9.17) is 14.7 Å². The smallest absolute Gasteiger partial charge is 0.435 e. The van der Waals surface area contributed by atoms with Gasteiger partial charge in [-0.2, -0.15) is 15.0 Å². The molecule has 2 aromatic carbocycles. The Bertz CT molecular complexity index is 1220. The minimum absolute atomic E-state index is 0.0601. The van der Waals surface area contributed by atoms with Crippen molar-refractivity contribution in [1.82, 2.24) is 9.78 Å². The molecule has 1 unspecified atom stereocenters. The summed E-state index contributed by atoms with van der Waals surface area (Å²) in [5.41, 5.74) is 1.79. The Morgan fingerprint density at radius 1 is 1.32 bits per heavy atom. The molecule has 31 heavy (non-hydrogen) atoms.